The average molecular weight is 426 g/mol. The first kappa shape index (κ1) is 17.9. The second-order valence-electron chi connectivity index (χ2n) is 6.08. The summed E-state index contributed by atoms with van der Waals surface area (Å²) in [5.41, 5.74) is 6.36. The molecule has 0 bridgehead atoms. The highest BCUT2D eigenvalue weighted by atomic mass is 79.9. The van der Waals surface area contributed by atoms with Gasteiger partial charge < -0.3 is 15.6 Å². The van der Waals surface area contributed by atoms with Crippen LogP contribution in [0.2, 0.25) is 5.02 Å². The minimum absolute atomic E-state index is 0.225. The molecule has 1 aromatic heterocycles. The minimum Gasteiger partial charge on any atom is -0.368 e. The average Bonchev–Trinajstić information content (AvgIpc) is 2.97. The first-order valence-corrected chi connectivity index (χ1v) is 9.18. The van der Waals surface area contributed by atoms with Gasteiger partial charge in [-0.15, -0.1) is 0 Å². The summed E-state index contributed by atoms with van der Waals surface area (Å²) in [6, 6.07) is 6.34. The summed E-state index contributed by atoms with van der Waals surface area (Å²) in [7, 11) is 0. The van der Waals surface area contributed by atoms with Crippen molar-refractivity contribution in [3.05, 3.63) is 51.5 Å². The molecule has 1 aliphatic heterocycles. The van der Waals surface area contributed by atoms with Gasteiger partial charge in [0.25, 0.3) is 0 Å². The molecular weight excluding hydrogens is 408 g/mol. The molecule has 1 aromatic carbocycles. The van der Waals surface area contributed by atoms with Crippen molar-refractivity contribution in [2.75, 3.05) is 0 Å². The van der Waals surface area contributed by atoms with Crippen LogP contribution in [0.5, 0.6) is 0 Å². The molecule has 0 radical (unpaired) electrons. The Morgan fingerprint density at radius 1 is 1.40 bits per heavy atom. The zero-order chi connectivity index (χ0) is 18.0. The highest BCUT2D eigenvalue weighted by Gasteiger charge is 2.31. The monoisotopic (exact) mass is 424 g/mol. The smallest absolute Gasteiger partial charge is 0.240 e. The summed E-state index contributed by atoms with van der Waals surface area (Å²) in [6.45, 7) is 0.823. The lowest BCUT2D eigenvalue weighted by Crippen LogP contribution is -2.48. The highest BCUT2D eigenvalue weighted by Crippen LogP contribution is 2.29. The Morgan fingerprint density at radius 3 is 2.80 bits per heavy atom. The maximum absolute atomic E-state index is 12.7. The molecule has 6 nitrogen and oxygen atoms in total. The predicted molar refractivity (Wildman–Crippen MR) is 98.2 cm³/mol. The third kappa shape index (κ3) is 4.04. The van der Waals surface area contributed by atoms with E-state index in [1.54, 1.807) is 18.3 Å². The number of hydrogen-bond donors (Lipinski definition) is 2. The van der Waals surface area contributed by atoms with Gasteiger partial charge in [-0.2, -0.15) is 0 Å². The maximum atomic E-state index is 12.7. The Kier molecular flexibility index (Phi) is 5.44. The van der Waals surface area contributed by atoms with Crippen LogP contribution in [0.3, 0.4) is 0 Å². The number of amides is 2. The number of rotatable bonds is 5. The third-order valence-electron chi connectivity index (χ3n) is 4.35. The van der Waals surface area contributed by atoms with Gasteiger partial charge in [0.2, 0.25) is 11.8 Å². The van der Waals surface area contributed by atoms with E-state index < -0.39 is 11.9 Å². The molecule has 0 saturated carbocycles. The number of benzene rings is 1. The number of fused-ring (bicyclic) bond motifs is 1. The molecule has 1 aliphatic rings. The lowest BCUT2D eigenvalue weighted by atomic mass is 9.97. The van der Waals surface area contributed by atoms with Gasteiger partial charge in [-0.1, -0.05) is 23.7 Å². The Hall–Kier alpha value is -1.86. The topological polar surface area (TPSA) is 90.0 Å². The van der Waals surface area contributed by atoms with Crippen molar-refractivity contribution in [2.45, 2.75) is 37.8 Å². The van der Waals surface area contributed by atoms with Crippen LogP contribution in [0.4, 0.5) is 0 Å². The van der Waals surface area contributed by atoms with Crippen LogP contribution < -0.4 is 11.1 Å². The molecule has 2 aromatic rings. The van der Waals surface area contributed by atoms with Crippen molar-refractivity contribution in [3.8, 4) is 0 Å². The fourth-order valence-electron chi connectivity index (χ4n) is 3.05. The Balaban J connectivity index is 1.73. The largest absolute Gasteiger partial charge is 0.368 e. The van der Waals surface area contributed by atoms with Gasteiger partial charge in [0.1, 0.15) is 16.5 Å². The van der Waals surface area contributed by atoms with Crippen LogP contribution in [-0.4, -0.2) is 27.4 Å². The zero-order valence-electron chi connectivity index (χ0n) is 13.4. The number of primary amides is 1. The van der Waals surface area contributed by atoms with Gasteiger partial charge >= 0.3 is 0 Å². The lowest BCUT2D eigenvalue weighted by Gasteiger charge is -2.25. The number of nitrogens with zero attached hydrogens (tertiary/aromatic N) is 2. The fourth-order valence-corrected chi connectivity index (χ4v) is 3.64. The molecular formula is C17H18BrClN4O2. The Bertz CT molecular complexity index is 790. The number of carbonyl (C=O) groups is 2. The van der Waals surface area contributed by atoms with E-state index in [-0.39, 0.29) is 11.8 Å². The molecule has 3 N–H and O–H groups in total. The zero-order valence-corrected chi connectivity index (χ0v) is 15.8. The van der Waals surface area contributed by atoms with Gasteiger partial charge in [-0.3, -0.25) is 9.59 Å². The summed E-state index contributed by atoms with van der Waals surface area (Å²) in [6.07, 6.45) is 3.59. The second-order valence-corrected chi connectivity index (χ2v) is 7.33. The van der Waals surface area contributed by atoms with Crippen molar-refractivity contribution in [3.63, 3.8) is 0 Å². The molecule has 132 valence electrons. The van der Waals surface area contributed by atoms with Gasteiger partial charge in [-0.05, 0) is 46.5 Å². The molecule has 2 amide bonds. The summed E-state index contributed by atoms with van der Waals surface area (Å²) in [5, 5.41) is 3.40. The second kappa shape index (κ2) is 7.58. The molecule has 3 rings (SSSR count). The van der Waals surface area contributed by atoms with Crippen LogP contribution in [-0.2, 0) is 22.6 Å². The van der Waals surface area contributed by atoms with E-state index in [1.807, 2.05) is 16.7 Å². The molecule has 0 spiro atoms. The molecule has 0 fully saturated rings. The first-order chi connectivity index (χ1) is 12.0. The molecule has 2 unspecified atom stereocenters. The number of hydrogen-bond acceptors (Lipinski definition) is 3. The molecule has 25 heavy (non-hydrogen) atoms. The predicted octanol–water partition coefficient (Wildman–Crippen LogP) is 2.39. The quantitative estimate of drug-likeness (QED) is 0.771. The van der Waals surface area contributed by atoms with Gasteiger partial charge in [0.05, 0.1) is 12.1 Å². The summed E-state index contributed by atoms with van der Waals surface area (Å²) in [5.74, 6) is -0.460. The molecule has 8 heteroatoms. The highest BCUT2D eigenvalue weighted by molar-refractivity contribution is 9.10. The Labute approximate surface area is 158 Å². The molecule has 2 atom stereocenters. The standard InChI is InChI=1S/C17H18BrClN4O2/c18-14-9-21-16-12(2-1-7-23(14)16)17(25)22-13(15(20)24)8-10-3-5-11(19)6-4-10/h3-6,9,12-13H,1-2,7-8H2,(H2,20,24)(H,22,25). The van der Waals surface area contributed by atoms with Crippen molar-refractivity contribution >= 4 is 39.3 Å². The van der Waals surface area contributed by atoms with Crippen LogP contribution in [0.1, 0.15) is 30.1 Å². The number of nitrogens with one attached hydrogen (secondary N) is 1. The first-order valence-electron chi connectivity index (χ1n) is 8.00. The number of carbonyl (C=O) groups excluding carboxylic acids is 2. The van der Waals surface area contributed by atoms with Gasteiger partial charge in [0.15, 0.2) is 0 Å². The van der Waals surface area contributed by atoms with Crippen LogP contribution in [0.25, 0.3) is 0 Å². The van der Waals surface area contributed by atoms with Crippen molar-refractivity contribution in [1.82, 2.24) is 14.9 Å². The van der Waals surface area contributed by atoms with E-state index in [0.29, 0.717) is 23.7 Å². The Morgan fingerprint density at radius 2 is 2.12 bits per heavy atom. The summed E-state index contributed by atoms with van der Waals surface area (Å²) < 4.78 is 2.83. The van der Waals surface area contributed by atoms with Crippen molar-refractivity contribution in [2.24, 2.45) is 5.73 Å². The number of nitrogens with two attached hydrogens (primary N) is 1. The van der Waals surface area contributed by atoms with E-state index >= 15 is 0 Å². The van der Waals surface area contributed by atoms with Crippen LogP contribution in [0, 0.1) is 0 Å². The van der Waals surface area contributed by atoms with Crippen LogP contribution in [0.15, 0.2) is 35.1 Å². The fraction of sp³-hybridized carbons (Fsp3) is 0.353. The van der Waals surface area contributed by atoms with Crippen molar-refractivity contribution < 1.29 is 9.59 Å². The minimum atomic E-state index is -0.776. The maximum Gasteiger partial charge on any atom is 0.240 e. The van der Waals surface area contributed by atoms with E-state index in [0.717, 1.165) is 23.1 Å². The molecule has 0 saturated heterocycles. The van der Waals surface area contributed by atoms with Gasteiger partial charge in [-0.25, -0.2) is 4.98 Å². The van der Waals surface area contributed by atoms with E-state index in [1.165, 1.54) is 0 Å². The van der Waals surface area contributed by atoms with E-state index in [4.69, 9.17) is 17.3 Å². The normalized spacial score (nSPS) is 17.6. The van der Waals surface area contributed by atoms with Crippen LogP contribution >= 0.6 is 27.5 Å². The third-order valence-corrected chi connectivity index (χ3v) is 5.24. The van der Waals surface area contributed by atoms with Crippen molar-refractivity contribution in [1.29, 1.82) is 0 Å². The summed E-state index contributed by atoms with van der Waals surface area (Å²) >= 11 is 9.31. The number of imidazole rings is 1. The molecule has 0 aliphatic carbocycles. The van der Waals surface area contributed by atoms with E-state index in [2.05, 4.69) is 26.2 Å². The summed E-state index contributed by atoms with van der Waals surface area (Å²) in [4.78, 5) is 28.8. The SMILES string of the molecule is NC(=O)C(Cc1ccc(Cl)cc1)NC(=O)C1CCCn2c(Br)cnc21. The number of halogens is 2. The van der Waals surface area contributed by atoms with Gasteiger partial charge in [0, 0.05) is 18.0 Å². The lowest BCUT2D eigenvalue weighted by molar-refractivity contribution is -0.128. The number of aromatic nitrogens is 2. The van der Waals surface area contributed by atoms with E-state index in [9.17, 15) is 9.59 Å². The molecule has 2 heterocycles.